The zero-order chi connectivity index (χ0) is 23.1. The van der Waals surface area contributed by atoms with Crippen molar-refractivity contribution in [2.75, 3.05) is 13.2 Å². The highest BCUT2D eigenvalue weighted by atomic mass is 31.3. The van der Waals surface area contributed by atoms with Gasteiger partial charge in [0.1, 0.15) is 0 Å². The van der Waals surface area contributed by atoms with Crippen LogP contribution in [0.15, 0.2) is 0 Å². The molecule has 0 amide bonds. The molecular weight excluding hydrogens is 473 g/mol. The number of hydrogen-bond donors (Lipinski definition) is 4. The zero-order valence-electron chi connectivity index (χ0n) is 17.8. The van der Waals surface area contributed by atoms with Crippen LogP contribution in [-0.4, -0.2) is 38.9 Å². The van der Waals surface area contributed by atoms with E-state index in [0.29, 0.717) is 5.92 Å². The second kappa shape index (κ2) is 12.2. The van der Waals surface area contributed by atoms with Crippen molar-refractivity contribution in [3.05, 3.63) is 0 Å². The van der Waals surface area contributed by atoms with Gasteiger partial charge in [0.2, 0.25) is 0 Å². The average Bonchev–Trinajstić information content (AvgIpc) is 2.53. The molecule has 2 saturated carbocycles. The smallest absolute Gasteiger partial charge is 0.376 e. The van der Waals surface area contributed by atoms with Crippen molar-refractivity contribution >= 4 is 23.5 Å². The van der Waals surface area contributed by atoms with Gasteiger partial charge in [-0.3, -0.25) is 4.52 Å². The Morgan fingerprint density at radius 1 is 0.806 bits per heavy atom. The monoisotopic (exact) mass is 508 g/mol. The van der Waals surface area contributed by atoms with Gasteiger partial charge in [-0.2, -0.15) is 8.62 Å². The molecule has 3 unspecified atom stereocenters. The summed E-state index contributed by atoms with van der Waals surface area (Å²) in [6.45, 7) is 1.57. The lowest BCUT2D eigenvalue weighted by atomic mass is 9.63. The number of rotatable bonds is 12. The molecule has 0 saturated heterocycles. The number of ether oxygens (including phenoxy) is 1. The van der Waals surface area contributed by atoms with Crippen LogP contribution < -0.4 is 0 Å². The largest absolute Gasteiger partial charge is 0.490 e. The molecule has 14 heteroatoms. The Hall–Kier alpha value is 0.370. The Labute approximate surface area is 183 Å². The van der Waals surface area contributed by atoms with E-state index in [1.54, 1.807) is 0 Å². The maximum absolute atomic E-state index is 11.7. The Bertz CT molecular complexity index is 683. The molecule has 2 rings (SSSR count). The lowest BCUT2D eigenvalue weighted by Gasteiger charge is -2.44. The van der Waals surface area contributed by atoms with Crippen LogP contribution in [0.4, 0.5) is 0 Å². The fourth-order valence-corrected chi connectivity index (χ4v) is 7.60. The first kappa shape index (κ1) is 27.6. The summed E-state index contributed by atoms with van der Waals surface area (Å²) in [5.41, 5.74) is 0. The van der Waals surface area contributed by atoms with E-state index >= 15 is 0 Å². The van der Waals surface area contributed by atoms with Gasteiger partial charge in [0.25, 0.3) is 0 Å². The molecule has 2 aliphatic rings. The minimum Gasteiger partial charge on any atom is -0.376 e. The van der Waals surface area contributed by atoms with Crippen molar-refractivity contribution in [1.82, 2.24) is 0 Å². The SMILES string of the molecule is CCC(OCCOP(=O)(O)OP(=O)(O)OP(=O)(O)O)C1CC(C2CCCCCCC2)C1. The first-order valence-corrected chi connectivity index (χ1v) is 15.3. The molecule has 11 nitrogen and oxygen atoms in total. The second-order valence-electron chi connectivity index (χ2n) is 8.34. The standard InChI is InChI=1S/C17H35O11P3/c1-2-17(16-12-15(13-16)14-8-6-4-3-5-7-9-14)25-10-11-26-30(21,22)28-31(23,24)27-29(18,19)20/h14-17H,2-13H2,1H3,(H,21,22)(H,23,24)(H2,18,19,20). The molecule has 4 N–H and O–H groups in total. The van der Waals surface area contributed by atoms with Crippen LogP contribution in [0.5, 0.6) is 0 Å². The van der Waals surface area contributed by atoms with Crippen molar-refractivity contribution in [2.45, 2.75) is 77.2 Å². The molecule has 0 aromatic heterocycles. The third-order valence-electron chi connectivity index (χ3n) is 6.04. The summed E-state index contributed by atoms with van der Waals surface area (Å²) < 4.78 is 51.3. The van der Waals surface area contributed by atoms with E-state index in [1.165, 1.54) is 44.9 Å². The first-order valence-electron chi connectivity index (χ1n) is 10.8. The lowest BCUT2D eigenvalue weighted by molar-refractivity contribution is -0.0569. The fourth-order valence-electron chi connectivity index (χ4n) is 4.60. The normalized spacial score (nSPS) is 28.5. The van der Waals surface area contributed by atoms with Gasteiger partial charge in [0.15, 0.2) is 0 Å². The fraction of sp³-hybridized carbons (Fsp3) is 1.00. The second-order valence-corrected chi connectivity index (χ2v) is 12.8. The van der Waals surface area contributed by atoms with Crippen LogP contribution in [0.1, 0.15) is 71.1 Å². The summed E-state index contributed by atoms with van der Waals surface area (Å²) >= 11 is 0. The molecule has 0 aromatic rings. The van der Waals surface area contributed by atoms with Crippen molar-refractivity contribution in [3.8, 4) is 0 Å². The van der Waals surface area contributed by atoms with Crippen molar-refractivity contribution in [2.24, 2.45) is 17.8 Å². The molecule has 2 aliphatic carbocycles. The summed E-state index contributed by atoms with van der Waals surface area (Å²) in [7, 11) is -16.0. The van der Waals surface area contributed by atoms with Crippen LogP contribution in [0.2, 0.25) is 0 Å². The van der Waals surface area contributed by atoms with Gasteiger partial charge in [0.05, 0.1) is 19.3 Å². The molecule has 3 atom stereocenters. The molecular formula is C17H35O11P3. The van der Waals surface area contributed by atoms with Crippen LogP contribution in [0.25, 0.3) is 0 Å². The number of phosphoric ester groups is 1. The third kappa shape index (κ3) is 10.4. The molecule has 0 aromatic carbocycles. The van der Waals surface area contributed by atoms with E-state index in [9.17, 15) is 18.6 Å². The summed E-state index contributed by atoms with van der Waals surface area (Å²) in [5.74, 6) is 1.99. The number of phosphoric acid groups is 3. The highest BCUT2D eigenvalue weighted by Crippen LogP contribution is 2.66. The first-order chi connectivity index (χ1) is 14.4. The van der Waals surface area contributed by atoms with Crippen molar-refractivity contribution in [1.29, 1.82) is 0 Å². The molecule has 0 spiro atoms. The van der Waals surface area contributed by atoms with Gasteiger partial charge in [-0.1, -0.05) is 51.9 Å². The summed E-state index contributed by atoms with van der Waals surface area (Å²) in [5, 5.41) is 0. The van der Waals surface area contributed by atoms with Crippen molar-refractivity contribution < 1.29 is 51.2 Å². The predicted octanol–water partition coefficient (Wildman–Crippen LogP) is 4.51. The maximum Gasteiger partial charge on any atom is 0.490 e. The summed E-state index contributed by atoms with van der Waals surface area (Å²) in [6.07, 6.45) is 12.3. The quantitative estimate of drug-likeness (QED) is 0.216. The lowest BCUT2D eigenvalue weighted by Crippen LogP contribution is -2.39. The highest BCUT2D eigenvalue weighted by Gasteiger charge is 2.41. The van der Waals surface area contributed by atoms with E-state index in [4.69, 9.17) is 19.4 Å². The topological polar surface area (TPSA) is 169 Å². The Kier molecular flexibility index (Phi) is 10.9. The van der Waals surface area contributed by atoms with E-state index in [-0.39, 0.29) is 12.7 Å². The van der Waals surface area contributed by atoms with Crippen LogP contribution >= 0.6 is 23.5 Å². The zero-order valence-corrected chi connectivity index (χ0v) is 20.5. The molecule has 184 valence electrons. The molecule has 2 fully saturated rings. The molecule has 0 radical (unpaired) electrons. The minimum absolute atomic E-state index is 0.00525. The highest BCUT2D eigenvalue weighted by molar-refractivity contribution is 7.66. The van der Waals surface area contributed by atoms with E-state index in [2.05, 4.69) is 13.1 Å². The summed E-state index contributed by atoms with van der Waals surface area (Å²) in [4.78, 5) is 35.6. The molecule has 31 heavy (non-hydrogen) atoms. The van der Waals surface area contributed by atoms with E-state index in [0.717, 1.165) is 31.1 Å². The minimum atomic E-state index is -5.49. The predicted molar refractivity (Wildman–Crippen MR) is 112 cm³/mol. The molecule has 0 aliphatic heterocycles. The van der Waals surface area contributed by atoms with Gasteiger partial charge >= 0.3 is 23.5 Å². The van der Waals surface area contributed by atoms with E-state index in [1.807, 2.05) is 6.92 Å². The van der Waals surface area contributed by atoms with Gasteiger partial charge in [-0.15, -0.1) is 0 Å². The Morgan fingerprint density at radius 2 is 1.39 bits per heavy atom. The Morgan fingerprint density at radius 3 is 1.94 bits per heavy atom. The molecule has 0 bridgehead atoms. The van der Waals surface area contributed by atoms with Gasteiger partial charge < -0.3 is 24.3 Å². The molecule has 0 heterocycles. The van der Waals surface area contributed by atoms with Gasteiger partial charge in [-0.05, 0) is 37.0 Å². The average molecular weight is 508 g/mol. The van der Waals surface area contributed by atoms with E-state index < -0.39 is 30.1 Å². The van der Waals surface area contributed by atoms with Gasteiger partial charge in [0, 0.05) is 0 Å². The third-order valence-corrected chi connectivity index (χ3v) is 9.88. The van der Waals surface area contributed by atoms with Crippen LogP contribution in [0.3, 0.4) is 0 Å². The van der Waals surface area contributed by atoms with Crippen molar-refractivity contribution in [3.63, 3.8) is 0 Å². The van der Waals surface area contributed by atoms with Crippen LogP contribution in [-0.2, 0) is 31.6 Å². The van der Waals surface area contributed by atoms with Crippen LogP contribution in [0, 0.1) is 17.8 Å². The Balaban J connectivity index is 1.69. The maximum atomic E-state index is 11.7. The summed E-state index contributed by atoms with van der Waals surface area (Å²) in [6, 6.07) is 0. The number of hydrogen-bond acceptors (Lipinski definition) is 7. The van der Waals surface area contributed by atoms with Gasteiger partial charge in [-0.25, -0.2) is 13.7 Å².